The van der Waals surface area contributed by atoms with Gasteiger partial charge in [0.25, 0.3) is 0 Å². The molecule has 0 aliphatic carbocycles. The molecule has 0 N–H and O–H groups in total. The molecular weight excluding hydrogens is 314 g/mol. The number of aromatic nitrogens is 2. The second kappa shape index (κ2) is 7.60. The minimum Gasteiger partial charge on any atom is -0.371 e. The molecule has 5 heteroatoms. The Bertz CT molecular complexity index is 667. The molecular formula is C20H25N3O2. The van der Waals surface area contributed by atoms with Gasteiger partial charge in [-0.2, -0.15) is 0 Å². The Hall–Kier alpha value is -1.82. The molecule has 1 spiro atoms. The quantitative estimate of drug-likeness (QED) is 0.838. The van der Waals surface area contributed by atoms with Crippen LogP contribution in [0.1, 0.15) is 30.4 Å². The zero-order chi connectivity index (χ0) is 17.0. The molecule has 2 aliphatic heterocycles. The van der Waals surface area contributed by atoms with Crippen molar-refractivity contribution in [2.75, 3.05) is 19.7 Å². The highest BCUT2D eigenvalue weighted by Crippen LogP contribution is 2.36. The summed E-state index contributed by atoms with van der Waals surface area (Å²) in [6.07, 6.45) is 10.8. The highest BCUT2D eigenvalue weighted by Gasteiger charge is 2.43. The molecule has 2 aliphatic rings. The number of rotatable bonds is 5. The van der Waals surface area contributed by atoms with Gasteiger partial charge in [-0.15, -0.1) is 0 Å². The van der Waals surface area contributed by atoms with E-state index in [4.69, 9.17) is 9.47 Å². The first kappa shape index (κ1) is 16.6. The molecule has 2 aromatic heterocycles. The average Bonchev–Trinajstić information content (AvgIpc) is 3.04. The number of piperidine rings is 1. The van der Waals surface area contributed by atoms with Gasteiger partial charge in [-0.05, 0) is 54.8 Å². The third-order valence-electron chi connectivity index (χ3n) is 5.18. The second-order valence-corrected chi connectivity index (χ2v) is 7.16. The molecule has 2 saturated heterocycles. The molecule has 5 nitrogen and oxygen atoms in total. The van der Waals surface area contributed by atoms with Gasteiger partial charge in [0.15, 0.2) is 0 Å². The predicted octanol–water partition coefficient (Wildman–Crippen LogP) is 2.82. The van der Waals surface area contributed by atoms with Crippen molar-refractivity contribution in [1.82, 2.24) is 14.9 Å². The largest absolute Gasteiger partial charge is 0.371 e. The van der Waals surface area contributed by atoms with Crippen molar-refractivity contribution in [2.45, 2.75) is 44.1 Å². The standard InChI is InChI=1S/C20H25N3O2/c1-6-20(16-23(11-1)13-17-2-7-21-8-3-17)12-19(15-25-20)24-14-18-4-9-22-10-5-18/h2-5,7-10,19H,1,6,11-16H2/t19-,20-/m0/s1. The number of hydrogen-bond acceptors (Lipinski definition) is 5. The molecule has 0 unspecified atom stereocenters. The van der Waals surface area contributed by atoms with Gasteiger partial charge in [-0.25, -0.2) is 0 Å². The molecule has 132 valence electrons. The number of pyridine rings is 2. The van der Waals surface area contributed by atoms with Crippen molar-refractivity contribution >= 4 is 0 Å². The zero-order valence-electron chi connectivity index (χ0n) is 14.5. The maximum absolute atomic E-state index is 6.26. The SMILES string of the molecule is c1cc(CO[C@@H]2CO[C@@]3(CCCN(Cc4ccncc4)C3)C2)ccn1. The fourth-order valence-corrected chi connectivity index (χ4v) is 3.96. The molecule has 0 aromatic carbocycles. The monoisotopic (exact) mass is 339 g/mol. The van der Waals surface area contributed by atoms with Gasteiger partial charge in [0, 0.05) is 44.3 Å². The van der Waals surface area contributed by atoms with Crippen molar-refractivity contribution < 1.29 is 9.47 Å². The van der Waals surface area contributed by atoms with E-state index in [-0.39, 0.29) is 11.7 Å². The van der Waals surface area contributed by atoms with E-state index in [9.17, 15) is 0 Å². The Kier molecular flexibility index (Phi) is 5.06. The summed E-state index contributed by atoms with van der Waals surface area (Å²) >= 11 is 0. The van der Waals surface area contributed by atoms with E-state index in [0.29, 0.717) is 13.2 Å². The molecule has 0 radical (unpaired) electrons. The van der Waals surface area contributed by atoms with Crippen LogP contribution in [-0.2, 0) is 22.6 Å². The van der Waals surface area contributed by atoms with Gasteiger partial charge in [-0.3, -0.25) is 14.9 Å². The van der Waals surface area contributed by atoms with E-state index in [1.165, 1.54) is 17.5 Å². The second-order valence-electron chi connectivity index (χ2n) is 7.16. The van der Waals surface area contributed by atoms with Gasteiger partial charge in [0.1, 0.15) is 0 Å². The topological polar surface area (TPSA) is 47.5 Å². The lowest BCUT2D eigenvalue weighted by molar-refractivity contribution is -0.0548. The third kappa shape index (κ3) is 4.24. The highest BCUT2D eigenvalue weighted by molar-refractivity contribution is 5.10. The Balaban J connectivity index is 1.31. The lowest BCUT2D eigenvalue weighted by Crippen LogP contribution is -2.47. The average molecular weight is 339 g/mol. The summed E-state index contributed by atoms with van der Waals surface area (Å²) in [5, 5.41) is 0. The van der Waals surface area contributed by atoms with Crippen molar-refractivity contribution in [3.63, 3.8) is 0 Å². The van der Waals surface area contributed by atoms with Gasteiger partial charge in [0.05, 0.1) is 24.9 Å². The highest BCUT2D eigenvalue weighted by atomic mass is 16.6. The van der Waals surface area contributed by atoms with Crippen LogP contribution in [-0.4, -0.2) is 46.3 Å². The van der Waals surface area contributed by atoms with E-state index in [0.717, 1.165) is 32.5 Å². The molecule has 0 bridgehead atoms. The van der Waals surface area contributed by atoms with E-state index in [1.54, 1.807) is 0 Å². The first-order valence-electron chi connectivity index (χ1n) is 9.07. The van der Waals surface area contributed by atoms with Crippen LogP contribution in [0.4, 0.5) is 0 Å². The molecule has 25 heavy (non-hydrogen) atoms. The molecule has 2 aromatic rings. The molecule has 4 heterocycles. The third-order valence-corrected chi connectivity index (χ3v) is 5.18. The van der Waals surface area contributed by atoms with Crippen molar-refractivity contribution in [2.24, 2.45) is 0 Å². The minimum absolute atomic E-state index is 0.0335. The predicted molar refractivity (Wildman–Crippen MR) is 94.9 cm³/mol. The van der Waals surface area contributed by atoms with Crippen LogP contribution in [0.5, 0.6) is 0 Å². The van der Waals surface area contributed by atoms with Gasteiger partial charge in [0.2, 0.25) is 0 Å². The van der Waals surface area contributed by atoms with Crippen LogP contribution in [0, 0.1) is 0 Å². The summed E-state index contributed by atoms with van der Waals surface area (Å²) in [4.78, 5) is 10.7. The van der Waals surface area contributed by atoms with Gasteiger partial charge < -0.3 is 9.47 Å². The Morgan fingerprint density at radius 3 is 2.56 bits per heavy atom. The smallest absolute Gasteiger partial charge is 0.0841 e. The number of likely N-dealkylation sites (tertiary alicyclic amines) is 1. The lowest BCUT2D eigenvalue weighted by Gasteiger charge is -2.39. The Labute approximate surface area is 149 Å². The zero-order valence-corrected chi connectivity index (χ0v) is 14.5. The maximum atomic E-state index is 6.26. The van der Waals surface area contributed by atoms with E-state index >= 15 is 0 Å². The van der Waals surface area contributed by atoms with Gasteiger partial charge >= 0.3 is 0 Å². The number of ether oxygens (including phenoxy) is 2. The maximum Gasteiger partial charge on any atom is 0.0841 e. The van der Waals surface area contributed by atoms with Crippen LogP contribution in [0.15, 0.2) is 49.1 Å². The van der Waals surface area contributed by atoms with Crippen molar-refractivity contribution in [3.8, 4) is 0 Å². The summed E-state index contributed by atoms with van der Waals surface area (Å²) in [6.45, 7) is 4.43. The minimum atomic E-state index is -0.0335. The molecule has 0 amide bonds. The van der Waals surface area contributed by atoms with Crippen molar-refractivity contribution in [3.05, 3.63) is 60.2 Å². The molecule has 2 fully saturated rings. The van der Waals surface area contributed by atoms with Crippen molar-refractivity contribution in [1.29, 1.82) is 0 Å². The van der Waals surface area contributed by atoms with Crippen LogP contribution in [0.2, 0.25) is 0 Å². The van der Waals surface area contributed by atoms with Crippen LogP contribution in [0.25, 0.3) is 0 Å². The van der Waals surface area contributed by atoms with Crippen LogP contribution in [0.3, 0.4) is 0 Å². The Morgan fingerprint density at radius 2 is 1.80 bits per heavy atom. The summed E-state index contributed by atoms with van der Waals surface area (Å²) in [6, 6.07) is 8.19. The molecule has 0 saturated carbocycles. The first-order valence-corrected chi connectivity index (χ1v) is 9.07. The first-order chi connectivity index (χ1) is 12.3. The molecule has 2 atom stereocenters. The summed E-state index contributed by atoms with van der Waals surface area (Å²) in [5.74, 6) is 0. The van der Waals surface area contributed by atoms with Crippen LogP contribution < -0.4 is 0 Å². The number of hydrogen-bond donors (Lipinski definition) is 0. The summed E-state index contributed by atoms with van der Waals surface area (Å²) in [5.41, 5.74) is 2.45. The van der Waals surface area contributed by atoms with E-state index in [1.807, 2.05) is 36.9 Å². The normalized spacial score (nSPS) is 27.0. The lowest BCUT2D eigenvalue weighted by atomic mass is 9.89. The summed E-state index contributed by atoms with van der Waals surface area (Å²) in [7, 11) is 0. The number of nitrogens with zero attached hydrogens (tertiary/aromatic N) is 3. The summed E-state index contributed by atoms with van der Waals surface area (Å²) < 4.78 is 12.3. The van der Waals surface area contributed by atoms with E-state index < -0.39 is 0 Å². The van der Waals surface area contributed by atoms with Gasteiger partial charge in [-0.1, -0.05) is 0 Å². The van der Waals surface area contributed by atoms with Crippen LogP contribution >= 0.6 is 0 Å². The van der Waals surface area contributed by atoms with E-state index in [2.05, 4.69) is 27.0 Å². The molecule has 4 rings (SSSR count). The fourth-order valence-electron chi connectivity index (χ4n) is 3.96. The fraction of sp³-hybridized carbons (Fsp3) is 0.500. The Morgan fingerprint density at radius 1 is 1.08 bits per heavy atom.